The molecule has 3 aliphatic rings. The van der Waals surface area contributed by atoms with Crippen molar-refractivity contribution in [2.24, 2.45) is 23.7 Å². The van der Waals surface area contributed by atoms with E-state index in [1.807, 2.05) is 0 Å². The minimum absolute atomic E-state index is 0.896. The van der Waals surface area contributed by atoms with Crippen LogP contribution in [0.25, 0.3) is 0 Å². The molecule has 0 aromatic rings. The fraction of sp³-hybridized carbons (Fsp3) is 1.00. The zero-order valence-corrected chi connectivity index (χ0v) is 11.0. The van der Waals surface area contributed by atoms with Gasteiger partial charge in [0.05, 0.1) is 0 Å². The van der Waals surface area contributed by atoms with Gasteiger partial charge in [-0.15, -0.1) is 0 Å². The van der Waals surface area contributed by atoms with Gasteiger partial charge in [0.1, 0.15) is 0 Å². The normalized spacial score (nSPS) is 41.6. The maximum absolute atomic E-state index is 2.78. The fourth-order valence-corrected chi connectivity index (χ4v) is 4.12. The first kappa shape index (κ1) is 11.0. The molecule has 0 N–H and O–H groups in total. The molecule has 2 aliphatic heterocycles. The van der Waals surface area contributed by atoms with Gasteiger partial charge in [0, 0.05) is 32.2 Å². The summed E-state index contributed by atoms with van der Waals surface area (Å²) in [7, 11) is 2.24. The number of hydrogen-bond acceptors (Lipinski definition) is 2. The van der Waals surface area contributed by atoms with Crippen LogP contribution in [0.3, 0.4) is 0 Å². The van der Waals surface area contributed by atoms with Gasteiger partial charge in [-0.05, 0) is 43.6 Å². The fourth-order valence-electron chi connectivity index (χ4n) is 4.12. The van der Waals surface area contributed by atoms with E-state index in [4.69, 9.17) is 0 Å². The molecule has 0 aromatic heterocycles. The van der Waals surface area contributed by atoms with Crippen molar-refractivity contribution in [3.05, 3.63) is 0 Å². The highest BCUT2D eigenvalue weighted by Gasteiger charge is 2.44. The van der Waals surface area contributed by atoms with Crippen LogP contribution in [0.1, 0.15) is 26.7 Å². The third-order valence-electron chi connectivity index (χ3n) is 5.32. The molecular formula is C14H26N2. The minimum atomic E-state index is 0.896. The lowest BCUT2D eigenvalue weighted by Crippen LogP contribution is -2.57. The second kappa shape index (κ2) is 3.99. The van der Waals surface area contributed by atoms with E-state index < -0.39 is 0 Å². The summed E-state index contributed by atoms with van der Waals surface area (Å²) in [6.07, 6.45) is 3.03. The van der Waals surface area contributed by atoms with Crippen molar-refractivity contribution in [2.75, 3.05) is 33.2 Å². The second-order valence-electron chi connectivity index (χ2n) is 6.82. The Morgan fingerprint density at radius 2 is 1.50 bits per heavy atom. The molecule has 1 saturated carbocycles. The number of likely N-dealkylation sites (N-methyl/N-ethyl adjacent to an activating group) is 1. The Balaban J connectivity index is 1.53. The Bertz CT molecular complexity index is 243. The molecule has 0 aromatic carbocycles. The van der Waals surface area contributed by atoms with E-state index in [1.165, 1.54) is 39.0 Å². The molecule has 3 rings (SSSR count). The van der Waals surface area contributed by atoms with Gasteiger partial charge in [0.15, 0.2) is 0 Å². The highest BCUT2D eigenvalue weighted by atomic mass is 15.3. The Labute approximate surface area is 100.0 Å². The predicted octanol–water partition coefficient (Wildman–Crippen LogP) is 1.91. The molecule has 3 atom stereocenters. The maximum Gasteiger partial charge on any atom is 0.0350 e. The van der Waals surface area contributed by atoms with E-state index in [0.717, 1.165) is 29.7 Å². The van der Waals surface area contributed by atoms with Gasteiger partial charge in [0.2, 0.25) is 0 Å². The first-order chi connectivity index (χ1) is 7.63. The summed E-state index contributed by atoms with van der Waals surface area (Å²) in [6, 6.07) is 0.896. The largest absolute Gasteiger partial charge is 0.303 e. The predicted molar refractivity (Wildman–Crippen MR) is 67.4 cm³/mol. The van der Waals surface area contributed by atoms with Gasteiger partial charge < -0.3 is 4.90 Å². The highest BCUT2D eigenvalue weighted by molar-refractivity contribution is 4.97. The Hall–Kier alpha value is -0.0800. The Morgan fingerprint density at radius 3 is 1.94 bits per heavy atom. The molecule has 1 unspecified atom stereocenters. The monoisotopic (exact) mass is 222 g/mol. The van der Waals surface area contributed by atoms with E-state index in [2.05, 4.69) is 30.7 Å². The van der Waals surface area contributed by atoms with Crippen LogP contribution in [0.4, 0.5) is 0 Å². The molecule has 2 heterocycles. The smallest absolute Gasteiger partial charge is 0.0350 e. The van der Waals surface area contributed by atoms with Gasteiger partial charge in [-0.2, -0.15) is 0 Å². The van der Waals surface area contributed by atoms with Gasteiger partial charge in [-0.3, -0.25) is 4.90 Å². The van der Waals surface area contributed by atoms with Crippen LogP contribution in [0.5, 0.6) is 0 Å². The molecule has 2 nitrogen and oxygen atoms in total. The summed E-state index contributed by atoms with van der Waals surface area (Å²) >= 11 is 0. The van der Waals surface area contributed by atoms with E-state index in [-0.39, 0.29) is 0 Å². The van der Waals surface area contributed by atoms with E-state index in [0.29, 0.717) is 0 Å². The first-order valence-electron chi connectivity index (χ1n) is 7.06. The van der Waals surface area contributed by atoms with Crippen LogP contribution in [0.15, 0.2) is 0 Å². The standard InChI is InChI=1S/C14H26N2/c1-10(2)11-4-12-6-16(7-13(12)5-11)14-8-15(3)9-14/h10-14H,4-9H2,1-3H3/t11?,12-,13+. The molecule has 16 heavy (non-hydrogen) atoms. The zero-order valence-electron chi connectivity index (χ0n) is 11.0. The average Bonchev–Trinajstić information content (AvgIpc) is 2.68. The van der Waals surface area contributed by atoms with Crippen molar-refractivity contribution in [1.29, 1.82) is 0 Å². The highest BCUT2D eigenvalue weighted by Crippen LogP contribution is 2.45. The van der Waals surface area contributed by atoms with Crippen LogP contribution >= 0.6 is 0 Å². The third-order valence-corrected chi connectivity index (χ3v) is 5.32. The number of fused-ring (bicyclic) bond motifs is 1. The Morgan fingerprint density at radius 1 is 0.938 bits per heavy atom. The van der Waals surface area contributed by atoms with E-state index in [9.17, 15) is 0 Å². The van der Waals surface area contributed by atoms with Crippen molar-refractivity contribution in [2.45, 2.75) is 32.7 Å². The average molecular weight is 222 g/mol. The molecule has 3 fully saturated rings. The molecule has 2 saturated heterocycles. The van der Waals surface area contributed by atoms with Gasteiger partial charge in [-0.25, -0.2) is 0 Å². The van der Waals surface area contributed by atoms with Crippen molar-refractivity contribution >= 4 is 0 Å². The van der Waals surface area contributed by atoms with Crippen LogP contribution in [0.2, 0.25) is 0 Å². The Kier molecular flexibility index (Phi) is 2.75. The van der Waals surface area contributed by atoms with Crippen LogP contribution in [-0.4, -0.2) is 49.1 Å². The summed E-state index contributed by atoms with van der Waals surface area (Å²) in [5, 5.41) is 0. The number of hydrogen-bond donors (Lipinski definition) is 0. The SMILES string of the molecule is CC(C)C1C[C@@H]2CN(C3CN(C)C3)C[C@@H]2C1. The van der Waals surface area contributed by atoms with Gasteiger partial charge >= 0.3 is 0 Å². The quantitative estimate of drug-likeness (QED) is 0.704. The summed E-state index contributed by atoms with van der Waals surface area (Å²) in [4.78, 5) is 5.22. The van der Waals surface area contributed by atoms with Crippen LogP contribution in [0, 0.1) is 23.7 Å². The summed E-state index contributed by atoms with van der Waals surface area (Å²) in [6.45, 7) is 10.3. The lowest BCUT2D eigenvalue weighted by Gasteiger charge is -2.42. The lowest BCUT2D eigenvalue weighted by atomic mass is 9.92. The van der Waals surface area contributed by atoms with Gasteiger partial charge in [-0.1, -0.05) is 13.8 Å². The topological polar surface area (TPSA) is 6.48 Å². The molecule has 0 radical (unpaired) electrons. The number of likely N-dealkylation sites (tertiary alicyclic amines) is 2. The first-order valence-corrected chi connectivity index (χ1v) is 7.06. The minimum Gasteiger partial charge on any atom is -0.303 e. The van der Waals surface area contributed by atoms with E-state index >= 15 is 0 Å². The maximum atomic E-state index is 2.78. The van der Waals surface area contributed by atoms with Gasteiger partial charge in [0.25, 0.3) is 0 Å². The summed E-state index contributed by atoms with van der Waals surface area (Å²) in [5.74, 6) is 4.02. The van der Waals surface area contributed by atoms with Crippen LogP contribution < -0.4 is 0 Å². The molecule has 0 spiro atoms. The van der Waals surface area contributed by atoms with E-state index in [1.54, 1.807) is 0 Å². The second-order valence-corrected chi connectivity index (χ2v) is 6.82. The molecular weight excluding hydrogens is 196 g/mol. The van der Waals surface area contributed by atoms with Crippen molar-refractivity contribution in [3.63, 3.8) is 0 Å². The van der Waals surface area contributed by atoms with Crippen molar-refractivity contribution < 1.29 is 0 Å². The van der Waals surface area contributed by atoms with Crippen molar-refractivity contribution in [1.82, 2.24) is 9.80 Å². The molecule has 92 valence electrons. The summed E-state index contributed by atoms with van der Waals surface area (Å²) in [5.41, 5.74) is 0. The molecule has 1 aliphatic carbocycles. The van der Waals surface area contributed by atoms with Crippen molar-refractivity contribution in [3.8, 4) is 0 Å². The molecule has 0 amide bonds. The van der Waals surface area contributed by atoms with Crippen LogP contribution in [-0.2, 0) is 0 Å². The zero-order chi connectivity index (χ0) is 11.3. The molecule has 0 bridgehead atoms. The molecule has 2 heteroatoms. The summed E-state index contributed by atoms with van der Waals surface area (Å²) < 4.78 is 0. The number of nitrogens with zero attached hydrogens (tertiary/aromatic N) is 2. The third kappa shape index (κ3) is 1.80. The lowest BCUT2D eigenvalue weighted by molar-refractivity contribution is 0.0618. The number of rotatable bonds is 2.